The molecule has 1 fully saturated rings. The zero-order valence-electron chi connectivity index (χ0n) is 16.4. The average molecular weight is 392 g/mol. The number of para-hydroxylation sites is 1. The van der Waals surface area contributed by atoms with Gasteiger partial charge in [-0.2, -0.15) is 0 Å². The minimum absolute atomic E-state index is 0.0928. The number of carbonyl (C=O) groups excluding carboxylic acids is 1. The fraction of sp³-hybridized carbons (Fsp3) is 0.318. The molecule has 0 atom stereocenters. The second-order valence-electron chi connectivity index (χ2n) is 7.10. The van der Waals surface area contributed by atoms with E-state index in [0.717, 1.165) is 24.5 Å². The van der Waals surface area contributed by atoms with Crippen molar-refractivity contribution in [1.82, 2.24) is 14.9 Å². The Hall–Kier alpha value is -3.35. The summed E-state index contributed by atoms with van der Waals surface area (Å²) in [5.74, 6) is 1.48. The van der Waals surface area contributed by atoms with Crippen LogP contribution in [-0.2, 0) is 11.2 Å². The van der Waals surface area contributed by atoms with Crippen LogP contribution in [0.1, 0.15) is 12.2 Å². The van der Waals surface area contributed by atoms with Gasteiger partial charge in [0.1, 0.15) is 11.6 Å². The van der Waals surface area contributed by atoms with Crippen molar-refractivity contribution in [2.75, 3.05) is 38.2 Å². The van der Waals surface area contributed by atoms with Gasteiger partial charge in [0.2, 0.25) is 5.91 Å². The van der Waals surface area contributed by atoms with Crippen LogP contribution < -0.4 is 15.2 Å². The lowest BCUT2D eigenvalue weighted by molar-refractivity contribution is -0.131. The molecule has 29 heavy (non-hydrogen) atoms. The highest BCUT2D eigenvalue weighted by Gasteiger charge is 2.21. The van der Waals surface area contributed by atoms with Crippen LogP contribution in [0.25, 0.3) is 10.9 Å². The fourth-order valence-corrected chi connectivity index (χ4v) is 3.64. The van der Waals surface area contributed by atoms with Gasteiger partial charge >= 0.3 is 0 Å². The van der Waals surface area contributed by atoms with E-state index in [2.05, 4.69) is 14.9 Å². The lowest BCUT2D eigenvalue weighted by Gasteiger charge is -2.36. The SMILES string of the molecule is COc1ccc(N2CCN(C(=O)CCc3nc4ccccc4c(=O)[nH]3)CC2)cc1. The third-order valence-corrected chi connectivity index (χ3v) is 5.31. The van der Waals surface area contributed by atoms with E-state index < -0.39 is 0 Å². The van der Waals surface area contributed by atoms with Gasteiger partial charge in [-0.3, -0.25) is 9.59 Å². The summed E-state index contributed by atoms with van der Waals surface area (Å²) in [7, 11) is 1.66. The third-order valence-electron chi connectivity index (χ3n) is 5.31. The van der Waals surface area contributed by atoms with Crippen LogP contribution >= 0.6 is 0 Å². The highest BCUT2D eigenvalue weighted by Crippen LogP contribution is 2.20. The van der Waals surface area contributed by atoms with Crippen molar-refractivity contribution in [2.45, 2.75) is 12.8 Å². The van der Waals surface area contributed by atoms with Gasteiger partial charge in [-0.25, -0.2) is 4.98 Å². The van der Waals surface area contributed by atoms with Gasteiger partial charge in [0.15, 0.2) is 0 Å². The summed E-state index contributed by atoms with van der Waals surface area (Å²) in [5.41, 5.74) is 1.63. The summed E-state index contributed by atoms with van der Waals surface area (Å²) in [5, 5.41) is 0.567. The maximum atomic E-state index is 12.6. The Morgan fingerprint density at radius 2 is 1.79 bits per heavy atom. The number of amides is 1. The van der Waals surface area contributed by atoms with E-state index in [1.807, 2.05) is 47.4 Å². The topological polar surface area (TPSA) is 78.5 Å². The molecular weight excluding hydrogens is 368 g/mol. The maximum Gasteiger partial charge on any atom is 0.258 e. The standard InChI is InChI=1S/C22H24N4O3/c1-29-17-8-6-16(7-9-17)25-12-14-26(15-13-25)21(27)11-10-20-23-19-5-3-2-4-18(19)22(28)24-20/h2-9H,10-15H2,1H3,(H,23,24,28). The number of ether oxygens (including phenoxy) is 1. The molecule has 0 saturated carbocycles. The first-order valence-electron chi connectivity index (χ1n) is 9.79. The maximum absolute atomic E-state index is 12.6. The second kappa shape index (κ2) is 8.34. The number of carbonyl (C=O) groups is 1. The zero-order chi connectivity index (χ0) is 20.2. The van der Waals surface area contributed by atoms with E-state index in [9.17, 15) is 9.59 Å². The molecule has 2 aromatic carbocycles. The first-order valence-corrected chi connectivity index (χ1v) is 9.79. The molecule has 1 N–H and O–H groups in total. The average Bonchev–Trinajstić information content (AvgIpc) is 2.78. The molecule has 0 radical (unpaired) electrons. The van der Waals surface area contributed by atoms with Crippen LogP contribution in [-0.4, -0.2) is 54.1 Å². The summed E-state index contributed by atoms with van der Waals surface area (Å²) < 4.78 is 5.20. The number of aromatic amines is 1. The fourth-order valence-electron chi connectivity index (χ4n) is 3.64. The van der Waals surface area contributed by atoms with Crippen molar-refractivity contribution in [1.29, 1.82) is 0 Å². The quantitative estimate of drug-likeness (QED) is 0.720. The van der Waals surface area contributed by atoms with Gasteiger partial charge in [-0.05, 0) is 36.4 Å². The van der Waals surface area contributed by atoms with Gasteiger partial charge in [0, 0.05) is 44.7 Å². The smallest absolute Gasteiger partial charge is 0.258 e. The number of H-pyrrole nitrogens is 1. The first kappa shape index (κ1) is 19.0. The number of methoxy groups -OCH3 is 1. The summed E-state index contributed by atoms with van der Waals surface area (Å²) >= 11 is 0. The molecule has 150 valence electrons. The number of piperazine rings is 1. The van der Waals surface area contributed by atoms with Crippen LogP contribution in [0.2, 0.25) is 0 Å². The van der Waals surface area contributed by atoms with Gasteiger partial charge < -0.3 is 19.5 Å². The van der Waals surface area contributed by atoms with Crippen LogP contribution in [0.3, 0.4) is 0 Å². The molecule has 3 aromatic rings. The molecule has 1 aliphatic heterocycles. The van der Waals surface area contributed by atoms with Gasteiger partial charge in [-0.15, -0.1) is 0 Å². The molecule has 1 aromatic heterocycles. The summed E-state index contributed by atoms with van der Waals surface area (Å²) in [6.07, 6.45) is 0.765. The van der Waals surface area contributed by atoms with Crippen molar-refractivity contribution >= 4 is 22.5 Å². The number of nitrogens with one attached hydrogen (secondary N) is 1. The van der Waals surface area contributed by atoms with E-state index in [0.29, 0.717) is 42.7 Å². The van der Waals surface area contributed by atoms with Crippen molar-refractivity contribution in [3.63, 3.8) is 0 Å². The second-order valence-corrected chi connectivity index (χ2v) is 7.10. The highest BCUT2D eigenvalue weighted by atomic mass is 16.5. The Bertz CT molecular complexity index is 1050. The van der Waals surface area contributed by atoms with Crippen molar-refractivity contribution in [3.8, 4) is 5.75 Å². The number of anilines is 1. The largest absolute Gasteiger partial charge is 0.497 e. The Labute approximate surface area is 168 Å². The minimum Gasteiger partial charge on any atom is -0.497 e. The molecule has 7 heteroatoms. The van der Waals surface area contributed by atoms with E-state index in [1.165, 1.54) is 0 Å². The third kappa shape index (κ3) is 4.23. The van der Waals surface area contributed by atoms with Gasteiger partial charge in [0.05, 0.1) is 18.0 Å². The zero-order valence-corrected chi connectivity index (χ0v) is 16.4. The van der Waals surface area contributed by atoms with Crippen LogP contribution in [0.5, 0.6) is 5.75 Å². The van der Waals surface area contributed by atoms with Gasteiger partial charge in [0.25, 0.3) is 5.56 Å². The van der Waals surface area contributed by atoms with Crippen LogP contribution in [0.4, 0.5) is 5.69 Å². The monoisotopic (exact) mass is 392 g/mol. The number of hydrogen-bond acceptors (Lipinski definition) is 5. The minimum atomic E-state index is -0.161. The number of aromatic nitrogens is 2. The van der Waals surface area contributed by atoms with Crippen molar-refractivity contribution in [2.24, 2.45) is 0 Å². The molecule has 0 bridgehead atoms. The summed E-state index contributed by atoms with van der Waals surface area (Å²) in [6, 6.07) is 15.2. The van der Waals surface area contributed by atoms with E-state index in [1.54, 1.807) is 13.2 Å². The molecule has 0 spiro atoms. The number of benzene rings is 2. The lowest BCUT2D eigenvalue weighted by atomic mass is 10.2. The Kier molecular flexibility index (Phi) is 5.46. The Balaban J connectivity index is 1.32. The van der Waals surface area contributed by atoms with E-state index in [4.69, 9.17) is 4.74 Å². The molecule has 1 saturated heterocycles. The van der Waals surface area contributed by atoms with Crippen LogP contribution in [0.15, 0.2) is 53.3 Å². The van der Waals surface area contributed by atoms with Gasteiger partial charge in [-0.1, -0.05) is 12.1 Å². The predicted octanol–water partition coefficient (Wildman–Crippen LogP) is 2.21. The molecule has 4 rings (SSSR count). The number of hydrogen-bond donors (Lipinski definition) is 1. The molecule has 1 amide bonds. The molecular formula is C22H24N4O3. The lowest BCUT2D eigenvalue weighted by Crippen LogP contribution is -2.48. The summed E-state index contributed by atoms with van der Waals surface area (Å²) in [4.78, 5) is 36.2. The molecule has 1 aliphatic rings. The van der Waals surface area contributed by atoms with Crippen LogP contribution in [0, 0.1) is 0 Å². The van der Waals surface area contributed by atoms with E-state index >= 15 is 0 Å². The van der Waals surface area contributed by atoms with Crippen molar-refractivity contribution in [3.05, 3.63) is 64.7 Å². The molecule has 7 nitrogen and oxygen atoms in total. The highest BCUT2D eigenvalue weighted by molar-refractivity contribution is 5.78. The normalized spacial score (nSPS) is 14.2. The summed E-state index contributed by atoms with van der Waals surface area (Å²) in [6.45, 7) is 2.96. The number of fused-ring (bicyclic) bond motifs is 1. The molecule has 0 unspecified atom stereocenters. The molecule has 2 heterocycles. The predicted molar refractivity (Wildman–Crippen MR) is 112 cm³/mol. The van der Waals surface area contributed by atoms with Crippen molar-refractivity contribution < 1.29 is 9.53 Å². The first-order chi connectivity index (χ1) is 14.1. The number of rotatable bonds is 5. The number of aryl methyl sites for hydroxylation is 1. The molecule has 0 aliphatic carbocycles. The number of nitrogens with zero attached hydrogens (tertiary/aromatic N) is 3. The van der Waals surface area contributed by atoms with E-state index in [-0.39, 0.29) is 11.5 Å². The Morgan fingerprint density at radius 3 is 2.52 bits per heavy atom. The Morgan fingerprint density at radius 1 is 1.07 bits per heavy atom.